The summed E-state index contributed by atoms with van der Waals surface area (Å²) in [7, 11) is 0. The Hall–Kier alpha value is -1.40. The number of halogens is 1. The highest BCUT2D eigenvalue weighted by molar-refractivity contribution is 9.10. The normalized spacial score (nSPS) is 15.6. The van der Waals surface area contributed by atoms with Crippen molar-refractivity contribution in [2.24, 2.45) is 0 Å². The van der Waals surface area contributed by atoms with Gasteiger partial charge in [0, 0.05) is 29.8 Å². The summed E-state index contributed by atoms with van der Waals surface area (Å²) >= 11 is 3.37. The molecule has 0 radical (unpaired) electrons. The van der Waals surface area contributed by atoms with Gasteiger partial charge < -0.3 is 15.5 Å². The van der Waals surface area contributed by atoms with E-state index in [4.69, 9.17) is 0 Å². The van der Waals surface area contributed by atoms with Crippen LogP contribution in [0.2, 0.25) is 0 Å². The summed E-state index contributed by atoms with van der Waals surface area (Å²) in [6.45, 7) is 4.71. The summed E-state index contributed by atoms with van der Waals surface area (Å²) in [5.41, 5.74) is 1.58. The fraction of sp³-hybridized carbons (Fsp3) is 0.429. The Bertz CT molecular complexity index is 511. The number of carbonyl (C=O) groups excluding carboxylic acids is 2. The van der Waals surface area contributed by atoms with Crippen molar-refractivity contribution in [1.82, 2.24) is 10.2 Å². The maximum absolute atomic E-state index is 12.1. The molecule has 5 nitrogen and oxygen atoms in total. The van der Waals surface area contributed by atoms with Crippen molar-refractivity contribution >= 4 is 33.4 Å². The molecule has 2 rings (SSSR count). The van der Waals surface area contributed by atoms with Gasteiger partial charge in [-0.25, -0.2) is 0 Å². The van der Waals surface area contributed by atoms with E-state index in [0.717, 1.165) is 29.5 Å². The van der Waals surface area contributed by atoms with Gasteiger partial charge >= 0.3 is 11.8 Å². The van der Waals surface area contributed by atoms with Gasteiger partial charge in [-0.2, -0.15) is 0 Å². The Balaban J connectivity index is 2.01. The van der Waals surface area contributed by atoms with Gasteiger partial charge in [0.2, 0.25) is 0 Å². The Morgan fingerprint density at radius 1 is 1.30 bits per heavy atom. The van der Waals surface area contributed by atoms with Crippen LogP contribution in [0.15, 0.2) is 22.7 Å². The fourth-order valence-corrected chi connectivity index (χ4v) is 2.61. The maximum atomic E-state index is 12.1. The minimum absolute atomic E-state index is 0.462. The highest BCUT2D eigenvalue weighted by atomic mass is 79.9. The molecule has 0 aliphatic carbocycles. The summed E-state index contributed by atoms with van der Waals surface area (Å²) in [4.78, 5) is 25.7. The highest BCUT2D eigenvalue weighted by Gasteiger charge is 2.22. The van der Waals surface area contributed by atoms with Crippen LogP contribution >= 0.6 is 15.9 Å². The summed E-state index contributed by atoms with van der Waals surface area (Å²) < 4.78 is 0.943. The molecule has 108 valence electrons. The average molecular weight is 340 g/mol. The van der Waals surface area contributed by atoms with Gasteiger partial charge in [-0.05, 0) is 43.7 Å². The molecule has 2 N–H and O–H groups in total. The number of amides is 2. The van der Waals surface area contributed by atoms with Crippen LogP contribution in [0.4, 0.5) is 5.69 Å². The Kier molecular flexibility index (Phi) is 5.14. The molecule has 1 heterocycles. The Morgan fingerprint density at radius 3 is 2.85 bits per heavy atom. The molecule has 0 bridgehead atoms. The molecule has 2 amide bonds. The van der Waals surface area contributed by atoms with Crippen molar-refractivity contribution in [2.75, 3.05) is 31.5 Å². The van der Waals surface area contributed by atoms with E-state index in [1.54, 1.807) is 11.0 Å². The zero-order chi connectivity index (χ0) is 14.5. The molecule has 1 aromatic carbocycles. The molecular weight excluding hydrogens is 322 g/mol. The topological polar surface area (TPSA) is 61.4 Å². The third-order valence-electron chi connectivity index (χ3n) is 3.26. The third-order valence-corrected chi connectivity index (χ3v) is 3.75. The molecule has 1 saturated heterocycles. The van der Waals surface area contributed by atoms with Crippen LogP contribution < -0.4 is 10.6 Å². The van der Waals surface area contributed by atoms with E-state index in [9.17, 15) is 9.59 Å². The predicted molar refractivity (Wildman–Crippen MR) is 81.6 cm³/mol. The monoisotopic (exact) mass is 339 g/mol. The quantitative estimate of drug-likeness (QED) is 0.762. The number of carbonyl (C=O) groups is 2. The lowest BCUT2D eigenvalue weighted by Gasteiger charge is -2.19. The predicted octanol–water partition coefficient (Wildman–Crippen LogP) is 1.52. The van der Waals surface area contributed by atoms with E-state index in [2.05, 4.69) is 26.6 Å². The number of nitrogens with one attached hydrogen (secondary N) is 2. The molecular formula is C14H18BrN3O2. The first-order valence-electron chi connectivity index (χ1n) is 6.65. The van der Waals surface area contributed by atoms with Crippen molar-refractivity contribution in [3.63, 3.8) is 0 Å². The zero-order valence-electron chi connectivity index (χ0n) is 11.4. The van der Waals surface area contributed by atoms with Crippen LogP contribution in [0, 0.1) is 6.92 Å². The molecule has 1 aliphatic heterocycles. The van der Waals surface area contributed by atoms with Crippen LogP contribution in [-0.4, -0.2) is 42.9 Å². The number of rotatable bonds is 1. The largest absolute Gasteiger partial charge is 0.333 e. The van der Waals surface area contributed by atoms with E-state index in [0.29, 0.717) is 18.8 Å². The van der Waals surface area contributed by atoms with E-state index >= 15 is 0 Å². The summed E-state index contributed by atoms with van der Waals surface area (Å²) in [6, 6.07) is 5.52. The van der Waals surface area contributed by atoms with Crippen molar-refractivity contribution in [1.29, 1.82) is 0 Å². The molecule has 0 spiro atoms. The average Bonchev–Trinajstić information content (AvgIpc) is 2.70. The van der Waals surface area contributed by atoms with E-state index < -0.39 is 11.8 Å². The maximum Gasteiger partial charge on any atom is 0.313 e. The van der Waals surface area contributed by atoms with Gasteiger partial charge in [-0.1, -0.05) is 15.9 Å². The molecule has 1 aliphatic rings. The van der Waals surface area contributed by atoms with Gasteiger partial charge in [0.05, 0.1) is 0 Å². The Labute approximate surface area is 126 Å². The molecule has 0 atom stereocenters. The molecule has 6 heteroatoms. The van der Waals surface area contributed by atoms with E-state index in [-0.39, 0.29) is 0 Å². The second-order valence-corrected chi connectivity index (χ2v) is 5.72. The number of hydrogen-bond acceptors (Lipinski definition) is 3. The van der Waals surface area contributed by atoms with Gasteiger partial charge in [0.1, 0.15) is 0 Å². The molecule has 0 unspecified atom stereocenters. The number of anilines is 1. The third kappa shape index (κ3) is 3.80. The molecule has 20 heavy (non-hydrogen) atoms. The van der Waals surface area contributed by atoms with Gasteiger partial charge in [-0.15, -0.1) is 0 Å². The lowest BCUT2D eigenvalue weighted by Crippen LogP contribution is -2.41. The molecule has 1 aromatic rings. The first-order valence-corrected chi connectivity index (χ1v) is 7.44. The lowest BCUT2D eigenvalue weighted by atomic mass is 10.2. The van der Waals surface area contributed by atoms with E-state index in [1.165, 1.54) is 0 Å². The SMILES string of the molecule is Cc1cc(Br)ccc1NC(=O)C(=O)N1CCCNCC1. The van der Waals surface area contributed by atoms with Crippen LogP contribution in [-0.2, 0) is 9.59 Å². The van der Waals surface area contributed by atoms with Crippen LogP contribution in [0.3, 0.4) is 0 Å². The number of nitrogens with zero attached hydrogens (tertiary/aromatic N) is 1. The summed E-state index contributed by atoms with van der Waals surface area (Å²) in [5.74, 6) is -1.03. The van der Waals surface area contributed by atoms with Crippen molar-refractivity contribution in [2.45, 2.75) is 13.3 Å². The Morgan fingerprint density at radius 2 is 2.10 bits per heavy atom. The van der Waals surface area contributed by atoms with E-state index in [1.807, 2.05) is 19.1 Å². The first-order chi connectivity index (χ1) is 9.58. The molecule has 0 aromatic heterocycles. The van der Waals surface area contributed by atoms with Gasteiger partial charge in [0.15, 0.2) is 0 Å². The minimum Gasteiger partial charge on any atom is -0.333 e. The minimum atomic E-state index is -0.572. The van der Waals surface area contributed by atoms with Crippen LogP contribution in [0.25, 0.3) is 0 Å². The summed E-state index contributed by atoms with van der Waals surface area (Å²) in [6.07, 6.45) is 0.871. The standard InChI is InChI=1S/C14H18BrN3O2/c1-10-9-11(15)3-4-12(10)17-13(19)14(20)18-7-2-5-16-6-8-18/h3-4,9,16H,2,5-8H2,1H3,(H,17,19). The smallest absolute Gasteiger partial charge is 0.313 e. The molecule has 0 saturated carbocycles. The zero-order valence-corrected chi connectivity index (χ0v) is 13.0. The lowest BCUT2D eigenvalue weighted by molar-refractivity contribution is -0.143. The number of hydrogen-bond donors (Lipinski definition) is 2. The van der Waals surface area contributed by atoms with Crippen molar-refractivity contribution in [3.8, 4) is 0 Å². The first kappa shape index (κ1) is 15.0. The number of benzene rings is 1. The van der Waals surface area contributed by atoms with Crippen LogP contribution in [0.1, 0.15) is 12.0 Å². The second-order valence-electron chi connectivity index (χ2n) is 4.81. The van der Waals surface area contributed by atoms with Gasteiger partial charge in [0.25, 0.3) is 0 Å². The van der Waals surface area contributed by atoms with Gasteiger partial charge in [-0.3, -0.25) is 9.59 Å². The van der Waals surface area contributed by atoms with Crippen molar-refractivity contribution < 1.29 is 9.59 Å². The van der Waals surface area contributed by atoms with Crippen LogP contribution in [0.5, 0.6) is 0 Å². The summed E-state index contributed by atoms with van der Waals surface area (Å²) in [5, 5.41) is 5.89. The number of aryl methyl sites for hydroxylation is 1. The highest BCUT2D eigenvalue weighted by Crippen LogP contribution is 2.20. The molecule has 1 fully saturated rings. The van der Waals surface area contributed by atoms with Crippen molar-refractivity contribution in [3.05, 3.63) is 28.2 Å². The second kappa shape index (κ2) is 6.85. The fourth-order valence-electron chi connectivity index (χ4n) is 2.14.